The monoisotopic (exact) mass is 258 g/mol. The van der Waals surface area contributed by atoms with Crippen molar-refractivity contribution < 1.29 is 19.0 Å². The van der Waals surface area contributed by atoms with Gasteiger partial charge in [-0.15, -0.1) is 0 Å². The van der Waals surface area contributed by atoms with Crippen molar-refractivity contribution in [3.05, 3.63) is 0 Å². The van der Waals surface area contributed by atoms with Crippen molar-refractivity contribution in [1.82, 2.24) is 0 Å². The van der Waals surface area contributed by atoms with Crippen molar-refractivity contribution in [2.75, 3.05) is 14.2 Å². The summed E-state index contributed by atoms with van der Waals surface area (Å²) in [5.74, 6) is 0.241. The highest BCUT2D eigenvalue weighted by atomic mass is 16.7. The Labute approximate surface area is 110 Å². The summed E-state index contributed by atoms with van der Waals surface area (Å²) < 4.78 is 16.2. The highest BCUT2D eigenvalue weighted by Gasteiger charge is 2.44. The van der Waals surface area contributed by atoms with E-state index in [0.29, 0.717) is 0 Å². The van der Waals surface area contributed by atoms with Crippen LogP contribution in [0.3, 0.4) is 0 Å². The molecule has 1 fully saturated rings. The van der Waals surface area contributed by atoms with Crippen LogP contribution in [-0.2, 0) is 19.0 Å². The van der Waals surface area contributed by atoms with Crippen molar-refractivity contribution in [1.29, 1.82) is 0 Å². The van der Waals surface area contributed by atoms with E-state index in [0.717, 1.165) is 25.7 Å². The maximum absolute atomic E-state index is 11.7. The molecular formula is C14H26O4. The van der Waals surface area contributed by atoms with E-state index < -0.39 is 0 Å². The molecule has 0 aliphatic carbocycles. The highest BCUT2D eigenvalue weighted by molar-refractivity contribution is 5.75. The molecule has 1 rings (SSSR count). The molecule has 0 saturated carbocycles. The van der Waals surface area contributed by atoms with E-state index >= 15 is 0 Å². The van der Waals surface area contributed by atoms with E-state index in [9.17, 15) is 4.79 Å². The summed E-state index contributed by atoms with van der Waals surface area (Å²) >= 11 is 0. The second-order valence-corrected chi connectivity index (χ2v) is 5.39. The maximum Gasteiger partial charge on any atom is 0.309 e. The predicted molar refractivity (Wildman–Crippen MR) is 69.1 cm³/mol. The summed E-state index contributed by atoms with van der Waals surface area (Å²) in [5.41, 5.74) is -0.367. The van der Waals surface area contributed by atoms with E-state index in [1.54, 1.807) is 14.2 Å². The molecule has 0 radical (unpaired) electrons. The Morgan fingerprint density at radius 2 is 2.00 bits per heavy atom. The van der Waals surface area contributed by atoms with Crippen LogP contribution >= 0.6 is 0 Å². The van der Waals surface area contributed by atoms with Crippen LogP contribution in [0.4, 0.5) is 0 Å². The molecule has 0 aromatic carbocycles. The Morgan fingerprint density at radius 3 is 2.39 bits per heavy atom. The molecule has 18 heavy (non-hydrogen) atoms. The lowest BCUT2D eigenvalue weighted by Gasteiger charge is -2.31. The Bertz CT molecular complexity index is 275. The normalized spacial score (nSPS) is 29.7. The number of cyclic esters (lactones) is 1. The van der Waals surface area contributed by atoms with E-state index in [4.69, 9.17) is 14.2 Å². The molecule has 1 aliphatic rings. The van der Waals surface area contributed by atoms with Crippen LogP contribution in [0.5, 0.6) is 0 Å². The Morgan fingerprint density at radius 1 is 1.39 bits per heavy atom. The topological polar surface area (TPSA) is 44.8 Å². The first-order valence-electron chi connectivity index (χ1n) is 6.78. The standard InChI is InChI=1S/C14H26O4/c1-6-10-8-14(3,18-12(10)15)9-11(7-2)13(16-4)17-5/h10-11,13H,6-9H2,1-5H3/t10-,11-,14-/m1/s1. The molecule has 4 nitrogen and oxygen atoms in total. The predicted octanol–water partition coefficient (Wildman–Crippen LogP) is 2.75. The van der Waals surface area contributed by atoms with Gasteiger partial charge < -0.3 is 14.2 Å². The van der Waals surface area contributed by atoms with Crippen molar-refractivity contribution in [2.24, 2.45) is 11.8 Å². The largest absolute Gasteiger partial charge is 0.459 e. The van der Waals surface area contributed by atoms with Gasteiger partial charge in [0.1, 0.15) is 5.60 Å². The van der Waals surface area contributed by atoms with Crippen molar-refractivity contribution in [2.45, 2.75) is 58.3 Å². The lowest BCUT2D eigenvalue weighted by Crippen LogP contribution is -2.34. The van der Waals surface area contributed by atoms with Gasteiger partial charge in [-0.1, -0.05) is 13.8 Å². The Kier molecular flexibility index (Phi) is 5.60. The third-order valence-electron chi connectivity index (χ3n) is 3.92. The second kappa shape index (κ2) is 6.53. The van der Waals surface area contributed by atoms with Gasteiger partial charge in [-0.25, -0.2) is 0 Å². The number of methoxy groups -OCH3 is 2. The number of ether oxygens (including phenoxy) is 3. The zero-order valence-corrected chi connectivity index (χ0v) is 12.2. The van der Waals surface area contributed by atoms with Crippen molar-refractivity contribution in [3.63, 3.8) is 0 Å². The van der Waals surface area contributed by atoms with Crippen LogP contribution in [0.25, 0.3) is 0 Å². The fourth-order valence-corrected chi connectivity index (χ4v) is 2.88. The molecule has 3 atom stereocenters. The molecule has 1 heterocycles. The third kappa shape index (κ3) is 3.45. The molecule has 0 amide bonds. The van der Waals surface area contributed by atoms with Gasteiger partial charge in [-0.2, -0.15) is 0 Å². The first kappa shape index (κ1) is 15.4. The minimum Gasteiger partial charge on any atom is -0.459 e. The van der Waals surface area contributed by atoms with Crippen molar-refractivity contribution in [3.8, 4) is 0 Å². The Balaban J connectivity index is 2.67. The average Bonchev–Trinajstić information content (AvgIpc) is 2.64. The van der Waals surface area contributed by atoms with Gasteiger partial charge in [0.25, 0.3) is 0 Å². The smallest absolute Gasteiger partial charge is 0.309 e. The van der Waals surface area contributed by atoms with Crippen molar-refractivity contribution >= 4 is 5.97 Å². The average molecular weight is 258 g/mol. The van der Waals surface area contributed by atoms with Crippen LogP contribution < -0.4 is 0 Å². The van der Waals surface area contributed by atoms with Gasteiger partial charge >= 0.3 is 5.97 Å². The summed E-state index contributed by atoms with van der Waals surface area (Å²) in [6, 6.07) is 0. The van der Waals surface area contributed by atoms with Gasteiger partial charge in [0.2, 0.25) is 0 Å². The van der Waals surface area contributed by atoms with Crippen LogP contribution in [0.2, 0.25) is 0 Å². The first-order chi connectivity index (χ1) is 8.49. The second-order valence-electron chi connectivity index (χ2n) is 5.39. The highest BCUT2D eigenvalue weighted by Crippen LogP contribution is 2.39. The fourth-order valence-electron chi connectivity index (χ4n) is 2.88. The zero-order chi connectivity index (χ0) is 13.8. The van der Waals surface area contributed by atoms with Crippen LogP contribution in [0, 0.1) is 11.8 Å². The fraction of sp³-hybridized carbons (Fsp3) is 0.929. The summed E-state index contributed by atoms with van der Waals surface area (Å²) in [4.78, 5) is 11.7. The van der Waals surface area contributed by atoms with Crippen LogP contribution in [0.15, 0.2) is 0 Å². The zero-order valence-electron chi connectivity index (χ0n) is 12.2. The minimum absolute atomic E-state index is 0.0519. The van der Waals surface area contributed by atoms with E-state index in [2.05, 4.69) is 6.92 Å². The number of carbonyl (C=O) groups excluding carboxylic acids is 1. The van der Waals surface area contributed by atoms with E-state index in [-0.39, 0.29) is 29.7 Å². The molecule has 0 aromatic rings. The number of rotatable bonds is 7. The molecule has 1 aliphatic heterocycles. The summed E-state index contributed by atoms with van der Waals surface area (Å²) in [6.45, 7) is 6.15. The molecule has 0 unspecified atom stereocenters. The third-order valence-corrected chi connectivity index (χ3v) is 3.92. The summed E-state index contributed by atoms with van der Waals surface area (Å²) in [7, 11) is 3.29. The minimum atomic E-state index is -0.367. The van der Waals surface area contributed by atoms with Gasteiger partial charge in [0.05, 0.1) is 5.92 Å². The molecule has 0 spiro atoms. The van der Waals surface area contributed by atoms with Gasteiger partial charge in [0.15, 0.2) is 6.29 Å². The molecule has 106 valence electrons. The molecule has 1 saturated heterocycles. The maximum atomic E-state index is 11.7. The van der Waals surface area contributed by atoms with Crippen LogP contribution in [0.1, 0.15) is 46.5 Å². The Hall–Kier alpha value is -0.610. The molecule has 0 N–H and O–H groups in total. The van der Waals surface area contributed by atoms with Gasteiger partial charge in [-0.05, 0) is 26.2 Å². The lowest BCUT2D eigenvalue weighted by molar-refractivity contribution is -0.163. The number of esters is 1. The van der Waals surface area contributed by atoms with E-state index in [1.807, 2.05) is 13.8 Å². The van der Waals surface area contributed by atoms with Gasteiger partial charge in [-0.3, -0.25) is 4.79 Å². The first-order valence-corrected chi connectivity index (χ1v) is 6.78. The molecule has 0 aromatic heterocycles. The SMILES string of the molecule is CC[C@@H]1C[C@](C)(C[C@@H](CC)C(OC)OC)OC1=O. The van der Waals surface area contributed by atoms with E-state index in [1.165, 1.54) is 0 Å². The summed E-state index contributed by atoms with van der Waals surface area (Å²) in [5, 5.41) is 0. The molecule has 0 bridgehead atoms. The summed E-state index contributed by atoms with van der Waals surface area (Å²) in [6.07, 6.45) is 3.16. The lowest BCUT2D eigenvalue weighted by atomic mass is 9.84. The number of carbonyl (C=O) groups is 1. The number of hydrogen-bond acceptors (Lipinski definition) is 4. The quantitative estimate of drug-likeness (QED) is 0.520. The number of hydrogen-bond donors (Lipinski definition) is 0. The van der Waals surface area contributed by atoms with Gasteiger partial charge in [0, 0.05) is 26.6 Å². The molecular weight excluding hydrogens is 232 g/mol. The molecule has 4 heteroatoms. The van der Waals surface area contributed by atoms with Crippen LogP contribution in [-0.4, -0.2) is 32.1 Å².